The van der Waals surface area contributed by atoms with Gasteiger partial charge in [0.05, 0.1) is 12.1 Å². The quantitative estimate of drug-likeness (QED) is 0.411. The van der Waals surface area contributed by atoms with E-state index in [1.807, 2.05) is 62.4 Å². The molecule has 4 rings (SSSR count). The van der Waals surface area contributed by atoms with E-state index in [9.17, 15) is 4.79 Å². The molecule has 1 N–H and O–H groups in total. The number of anilines is 1. The summed E-state index contributed by atoms with van der Waals surface area (Å²) < 4.78 is 12.9. The number of nitrogens with one attached hydrogen (secondary N) is 1. The molecule has 0 radical (unpaired) electrons. The van der Waals surface area contributed by atoms with Gasteiger partial charge in [-0.1, -0.05) is 46.6 Å². The summed E-state index contributed by atoms with van der Waals surface area (Å²) in [4.78, 5) is 12.9. The number of rotatable bonds is 7. The van der Waals surface area contributed by atoms with Gasteiger partial charge in [0.2, 0.25) is 0 Å². The number of ether oxygens (including phenoxy) is 1. The third kappa shape index (κ3) is 5.00. The Bertz CT molecular complexity index is 1240. The Morgan fingerprint density at radius 3 is 2.66 bits per heavy atom. The number of amides is 1. The molecule has 8 heteroatoms. The van der Waals surface area contributed by atoms with Crippen molar-refractivity contribution in [1.82, 2.24) is 14.9 Å². The maximum Gasteiger partial charge on any atom is 0.279 e. The molecule has 0 aliphatic carbocycles. The lowest BCUT2D eigenvalue weighted by atomic mass is 10.2. The van der Waals surface area contributed by atoms with Crippen molar-refractivity contribution in [2.45, 2.75) is 33.9 Å². The van der Waals surface area contributed by atoms with Crippen molar-refractivity contribution in [3.05, 3.63) is 93.5 Å². The largest absolute Gasteiger partial charge is 0.489 e. The lowest BCUT2D eigenvalue weighted by molar-refractivity contribution is 0.101. The molecule has 2 aromatic carbocycles. The number of nitrogens with zero attached hydrogens (tertiary/aromatic N) is 3. The first-order chi connectivity index (χ1) is 15.4. The van der Waals surface area contributed by atoms with Crippen LogP contribution in [0.2, 0.25) is 5.02 Å². The van der Waals surface area contributed by atoms with Crippen molar-refractivity contribution in [2.75, 3.05) is 5.32 Å². The fraction of sp³-hybridized carbons (Fsp3) is 0.208. The zero-order chi connectivity index (χ0) is 22.7. The second-order valence-corrected chi connectivity index (χ2v) is 8.02. The molecular formula is C24H23ClN4O3. The van der Waals surface area contributed by atoms with Gasteiger partial charge in [0, 0.05) is 16.8 Å². The van der Waals surface area contributed by atoms with Crippen LogP contribution in [-0.2, 0) is 13.2 Å². The molecule has 0 bridgehead atoms. The Kier molecular flexibility index (Phi) is 6.28. The van der Waals surface area contributed by atoms with E-state index < -0.39 is 5.91 Å². The van der Waals surface area contributed by atoms with Crippen LogP contribution in [0.1, 0.15) is 38.6 Å². The van der Waals surface area contributed by atoms with Crippen LogP contribution in [0.3, 0.4) is 0 Å². The minimum atomic E-state index is -0.406. The van der Waals surface area contributed by atoms with E-state index >= 15 is 0 Å². The maximum absolute atomic E-state index is 12.9. The number of hydrogen-bond acceptors (Lipinski definition) is 5. The van der Waals surface area contributed by atoms with E-state index in [1.54, 1.807) is 17.7 Å². The molecule has 4 aromatic rings. The number of benzene rings is 2. The van der Waals surface area contributed by atoms with Crippen molar-refractivity contribution in [3.8, 4) is 5.75 Å². The molecule has 0 atom stereocenters. The van der Waals surface area contributed by atoms with Crippen LogP contribution in [0.25, 0.3) is 0 Å². The Morgan fingerprint density at radius 2 is 1.91 bits per heavy atom. The fourth-order valence-corrected chi connectivity index (χ4v) is 3.46. The highest BCUT2D eigenvalue weighted by atomic mass is 35.5. The Labute approximate surface area is 190 Å². The minimum absolute atomic E-state index is 0.170. The molecule has 0 saturated heterocycles. The first-order valence-electron chi connectivity index (χ1n) is 10.1. The molecular weight excluding hydrogens is 428 g/mol. The summed E-state index contributed by atoms with van der Waals surface area (Å²) in [7, 11) is 0. The van der Waals surface area contributed by atoms with Crippen LogP contribution in [0, 0.1) is 20.8 Å². The zero-order valence-electron chi connectivity index (χ0n) is 18.1. The predicted octanol–water partition coefficient (Wildman–Crippen LogP) is 5.33. The Balaban J connectivity index is 1.46. The smallest absolute Gasteiger partial charge is 0.279 e. The fourth-order valence-electron chi connectivity index (χ4n) is 3.24. The van der Waals surface area contributed by atoms with Crippen LogP contribution >= 0.6 is 11.6 Å². The van der Waals surface area contributed by atoms with E-state index in [0.717, 1.165) is 16.8 Å². The third-order valence-electron chi connectivity index (χ3n) is 5.05. The van der Waals surface area contributed by atoms with Gasteiger partial charge < -0.3 is 14.6 Å². The summed E-state index contributed by atoms with van der Waals surface area (Å²) in [5.74, 6) is 1.26. The number of aromatic nitrogens is 3. The predicted molar refractivity (Wildman–Crippen MR) is 122 cm³/mol. The van der Waals surface area contributed by atoms with Crippen LogP contribution < -0.4 is 10.1 Å². The van der Waals surface area contributed by atoms with E-state index in [-0.39, 0.29) is 12.3 Å². The Morgan fingerprint density at radius 1 is 1.12 bits per heavy atom. The second kappa shape index (κ2) is 9.28. The lowest BCUT2D eigenvalue weighted by Crippen LogP contribution is -2.16. The van der Waals surface area contributed by atoms with E-state index in [1.165, 1.54) is 0 Å². The normalized spacial score (nSPS) is 10.9. The van der Waals surface area contributed by atoms with Crippen LogP contribution in [0.15, 0.2) is 59.1 Å². The molecule has 0 saturated carbocycles. The highest BCUT2D eigenvalue weighted by Crippen LogP contribution is 2.20. The summed E-state index contributed by atoms with van der Waals surface area (Å²) in [5.41, 5.74) is 3.84. The number of aryl methyl sites for hydroxylation is 3. The van der Waals surface area contributed by atoms with Gasteiger partial charge in [0.15, 0.2) is 11.5 Å². The first-order valence-corrected chi connectivity index (χ1v) is 10.5. The van der Waals surface area contributed by atoms with E-state index in [0.29, 0.717) is 34.5 Å². The highest BCUT2D eigenvalue weighted by Gasteiger charge is 2.21. The number of halogens is 1. The van der Waals surface area contributed by atoms with Gasteiger partial charge in [-0.3, -0.25) is 9.48 Å². The summed E-state index contributed by atoms with van der Waals surface area (Å²) in [6.45, 7) is 6.40. The highest BCUT2D eigenvalue weighted by molar-refractivity contribution is 6.30. The van der Waals surface area contributed by atoms with Gasteiger partial charge in [-0.15, -0.1) is 0 Å². The average molecular weight is 451 g/mol. The summed E-state index contributed by atoms with van der Waals surface area (Å²) in [5, 5.41) is 11.9. The molecule has 1 amide bonds. The van der Waals surface area contributed by atoms with Gasteiger partial charge in [-0.05, 0) is 50.6 Å². The van der Waals surface area contributed by atoms with E-state index in [2.05, 4.69) is 15.6 Å². The molecule has 0 aliphatic rings. The van der Waals surface area contributed by atoms with E-state index in [4.69, 9.17) is 20.9 Å². The van der Waals surface area contributed by atoms with Crippen molar-refractivity contribution in [3.63, 3.8) is 0 Å². The summed E-state index contributed by atoms with van der Waals surface area (Å²) in [6, 6.07) is 17.1. The van der Waals surface area contributed by atoms with Crippen molar-refractivity contribution in [1.29, 1.82) is 0 Å². The van der Waals surface area contributed by atoms with Crippen molar-refractivity contribution >= 4 is 23.3 Å². The van der Waals surface area contributed by atoms with Crippen molar-refractivity contribution < 1.29 is 14.1 Å². The van der Waals surface area contributed by atoms with Crippen LogP contribution in [0.5, 0.6) is 5.75 Å². The topological polar surface area (TPSA) is 82.2 Å². The van der Waals surface area contributed by atoms with Crippen LogP contribution in [0.4, 0.5) is 5.82 Å². The van der Waals surface area contributed by atoms with Gasteiger partial charge in [-0.25, -0.2) is 0 Å². The molecule has 0 fully saturated rings. The summed E-state index contributed by atoms with van der Waals surface area (Å²) in [6.07, 6.45) is 0. The number of carbonyl (C=O) groups is 1. The lowest BCUT2D eigenvalue weighted by Gasteiger charge is -2.07. The SMILES string of the molecule is Cc1ccc(OCc2c(C(=O)Nc3cc(C)n(Cc4cccc(Cl)c4)n3)noc2C)cc1. The second-order valence-electron chi connectivity index (χ2n) is 7.58. The van der Waals surface area contributed by atoms with Crippen LogP contribution in [-0.4, -0.2) is 20.8 Å². The van der Waals surface area contributed by atoms with Gasteiger partial charge >= 0.3 is 0 Å². The summed E-state index contributed by atoms with van der Waals surface area (Å²) >= 11 is 6.07. The molecule has 32 heavy (non-hydrogen) atoms. The third-order valence-corrected chi connectivity index (χ3v) is 5.28. The zero-order valence-corrected chi connectivity index (χ0v) is 18.8. The number of carbonyl (C=O) groups excluding carboxylic acids is 1. The molecule has 7 nitrogen and oxygen atoms in total. The molecule has 2 aromatic heterocycles. The van der Waals surface area contributed by atoms with Gasteiger partial charge in [-0.2, -0.15) is 5.10 Å². The molecule has 164 valence electrons. The van der Waals surface area contributed by atoms with Gasteiger partial charge in [0.1, 0.15) is 18.1 Å². The molecule has 0 aliphatic heterocycles. The van der Waals surface area contributed by atoms with Crippen molar-refractivity contribution in [2.24, 2.45) is 0 Å². The first kappa shape index (κ1) is 21.6. The maximum atomic E-state index is 12.9. The minimum Gasteiger partial charge on any atom is -0.489 e. The molecule has 0 unspecified atom stereocenters. The molecule has 0 spiro atoms. The monoisotopic (exact) mass is 450 g/mol. The Hall–Kier alpha value is -3.58. The number of hydrogen-bond donors (Lipinski definition) is 1. The molecule has 2 heterocycles. The van der Waals surface area contributed by atoms with Gasteiger partial charge in [0.25, 0.3) is 5.91 Å². The standard InChI is InChI=1S/C24H23ClN4O3/c1-15-7-9-20(10-8-15)31-14-21-17(3)32-28-23(21)24(30)26-22-11-16(2)29(27-22)13-18-5-4-6-19(25)12-18/h4-12H,13-14H2,1-3H3,(H,26,27,30). The average Bonchev–Trinajstić information content (AvgIpc) is 3.29.